The number of anilines is 2. The molecule has 0 aliphatic carbocycles. The molecule has 1 aromatic carbocycles. The van der Waals surface area contributed by atoms with Gasteiger partial charge in [-0.25, -0.2) is 8.78 Å². The first-order chi connectivity index (χ1) is 8.16. The molecule has 0 atom stereocenters. The minimum atomic E-state index is -0.758. The van der Waals surface area contributed by atoms with Crippen LogP contribution in [0.25, 0.3) is 0 Å². The molecule has 0 unspecified atom stereocenters. The molecule has 0 aliphatic rings. The monoisotopic (exact) mass is 238 g/mol. The van der Waals surface area contributed by atoms with Crippen molar-refractivity contribution >= 4 is 11.4 Å². The summed E-state index contributed by atoms with van der Waals surface area (Å²) in [4.78, 5) is 0. The first-order valence-corrected chi connectivity index (χ1v) is 5.12. The summed E-state index contributed by atoms with van der Waals surface area (Å²) >= 11 is 0. The van der Waals surface area contributed by atoms with Crippen molar-refractivity contribution in [1.82, 2.24) is 9.78 Å². The number of rotatable bonds is 4. The van der Waals surface area contributed by atoms with Crippen LogP contribution in [-0.4, -0.2) is 16.3 Å². The van der Waals surface area contributed by atoms with Crippen molar-refractivity contribution in [3.63, 3.8) is 0 Å². The van der Waals surface area contributed by atoms with Crippen molar-refractivity contribution in [2.24, 2.45) is 0 Å². The average Bonchev–Trinajstić information content (AvgIpc) is 2.78. The van der Waals surface area contributed by atoms with Crippen LogP contribution in [0, 0.1) is 11.6 Å². The van der Waals surface area contributed by atoms with E-state index in [1.807, 2.05) is 0 Å². The summed E-state index contributed by atoms with van der Waals surface area (Å²) in [7, 11) is 0. The quantitative estimate of drug-likeness (QED) is 0.799. The minimum absolute atomic E-state index is 0.0770. The molecule has 0 bridgehead atoms. The summed E-state index contributed by atoms with van der Waals surface area (Å²) in [5.41, 5.74) is 5.67. The number of hydrogen-bond donors (Lipinski definition) is 2. The van der Waals surface area contributed by atoms with Gasteiger partial charge in [0.2, 0.25) is 0 Å². The van der Waals surface area contributed by atoms with E-state index in [1.165, 1.54) is 6.07 Å². The minimum Gasteiger partial charge on any atom is -0.395 e. The number of nitrogens with two attached hydrogens (primary N) is 1. The van der Waals surface area contributed by atoms with Gasteiger partial charge in [0, 0.05) is 25.0 Å². The van der Waals surface area contributed by atoms with Gasteiger partial charge in [-0.1, -0.05) is 0 Å². The molecule has 0 aliphatic heterocycles. The zero-order chi connectivity index (χ0) is 12.3. The van der Waals surface area contributed by atoms with Gasteiger partial charge < -0.3 is 11.1 Å². The molecule has 4 nitrogen and oxygen atoms in total. The third-order valence-electron chi connectivity index (χ3n) is 2.31. The third kappa shape index (κ3) is 2.72. The predicted molar refractivity (Wildman–Crippen MR) is 61.5 cm³/mol. The Morgan fingerprint density at radius 3 is 2.88 bits per heavy atom. The highest BCUT2D eigenvalue weighted by atomic mass is 19.1. The van der Waals surface area contributed by atoms with E-state index in [0.717, 1.165) is 6.07 Å². The molecular formula is C11H12F2N4. The summed E-state index contributed by atoms with van der Waals surface area (Å²) in [5.74, 6) is -1.41. The normalized spacial score (nSPS) is 10.5. The zero-order valence-electron chi connectivity index (χ0n) is 9.03. The fourth-order valence-corrected chi connectivity index (χ4v) is 1.47. The maximum absolute atomic E-state index is 13.1. The number of nitrogens with zero attached hydrogens (tertiary/aromatic N) is 2. The van der Waals surface area contributed by atoms with Crippen molar-refractivity contribution in [3.05, 3.63) is 42.2 Å². The fraction of sp³-hybridized carbons (Fsp3) is 0.182. The van der Waals surface area contributed by atoms with Gasteiger partial charge in [0.05, 0.1) is 17.9 Å². The van der Waals surface area contributed by atoms with E-state index in [1.54, 1.807) is 23.1 Å². The molecule has 90 valence electrons. The van der Waals surface area contributed by atoms with Crippen LogP contribution in [0.1, 0.15) is 0 Å². The Kier molecular flexibility index (Phi) is 3.22. The Bertz CT molecular complexity index is 496. The zero-order valence-corrected chi connectivity index (χ0v) is 9.03. The predicted octanol–water partition coefficient (Wildman–Crippen LogP) is 1.86. The fourth-order valence-electron chi connectivity index (χ4n) is 1.47. The SMILES string of the molecule is Nc1c(F)cc(F)cc1NCCn1cccn1. The maximum atomic E-state index is 13.1. The molecule has 3 N–H and O–H groups in total. The van der Waals surface area contributed by atoms with Crippen molar-refractivity contribution < 1.29 is 8.78 Å². The lowest BCUT2D eigenvalue weighted by molar-refractivity contribution is 0.586. The van der Waals surface area contributed by atoms with E-state index in [-0.39, 0.29) is 11.4 Å². The van der Waals surface area contributed by atoms with Gasteiger partial charge >= 0.3 is 0 Å². The highest BCUT2D eigenvalue weighted by Crippen LogP contribution is 2.22. The van der Waals surface area contributed by atoms with Crippen LogP contribution in [-0.2, 0) is 6.54 Å². The van der Waals surface area contributed by atoms with Crippen LogP contribution in [0.5, 0.6) is 0 Å². The number of aromatic nitrogens is 2. The van der Waals surface area contributed by atoms with E-state index in [2.05, 4.69) is 10.4 Å². The van der Waals surface area contributed by atoms with Gasteiger partial charge in [0.25, 0.3) is 0 Å². The molecule has 2 aromatic rings. The first-order valence-electron chi connectivity index (χ1n) is 5.12. The Hall–Kier alpha value is -2.11. The smallest absolute Gasteiger partial charge is 0.151 e. The molecule has 17 heavy (non-hydrogen) atoms. The van der Waals surface area contributed by atoms with E-state index < -0.39 is 11.6 Å². The Labute approximate surface area is 97.0 Å². The highest BCUT2D eigenvalue weighted by Gasteiger charge is 2.07. The largest absolute Gasteiger partial charge is 0.395 e. The van der Waals surface area contributed by atoms with Crippen LogP contribution < -0.4 is 11.1 Å². The topological polar surface area (TPSA) is 55.9 Å². The molecular weight excluding hydrogens is 226 g/mol. The van der Waals surface area contributed by atoms with Gasteiger partial charge in [-0.2, -0.15) is 5.10 Å². The Morgan fingerprint density at radius 1 is 1.35 bits per heavy atom. The molecule has 0 saturated carbocycles. The van der Waals surface area contributed by atoms with Crippen LogP contribution in [0.15, 0.2) is 30.6 Å². The molecule has 0 saturated heterocycles. The molecule has 0 radical (unpaired) electrons. The number of nitrogens with one attached hydrogen (secondary N) is 1. The first kappa shape index (κ1) is 11.4. The third-order valence-corrected chi connectivity index (χ3v) is 2.31. The van der Waals surface area contributed by atoms with Crippen molar-refractivity contribution in [2.45, 2.75) is 6.54 Å². The second-order valence-corrected chi connectivity index (χ2v) is 3.54. The van der Waals surface area contributed by atoms with E-state index in [9.17, 15) is 8.78 Å². The standard InChI is InChI=1S/C11H12F2N4/c12-8-6-9(13)11(14)10(7-8)15-3-5-17-4-1-2-16-17/h1-2,4,6-7,15H,3,5,14H2. The van der Waals surface area contributed by atoms with Gasteiger partial charge in [0.1, 0.15) is 5.82 Å². The average molecular weight is 238 g/mol. The molecule has 0 spiro atoms. The maximum Gasteiger partial charge on any atom is 0.151 e. The molecule has 1 aromatic heterocycles. The summed E-state index contributed by atoms with van der Waals surface area (Å²) in [6.45, 7) is 1.07. The number of nitrogen functional groups attached to an aromatic ring is 1. The van der Waals surface area contributed by atoms with Crippen LogP contribution in [0.4, 0.5) is 20.2 Å². The lowest BCUT2D eigenvalue weighted by atomic mass is 10.2. The van der Waals surface area contributed by atoms with Crippen molar-refractivity contribution in [3.8, 4) is 0 Å². The van der Waals surface area contributed by atoms with E-state index in [0.29, 0.717) is 13.1 Å². The number of halogens is 2. The van der Waals surface area contributed by atoms with Crippen LogP contribution in [0.3, 0.4) is 0 Å². The van der Waals surface area contributed by atoms with Crippen LogP contribution in [0.2, 0.25) is 0 Å². The van der Waals surface area contributed by atoms with Gasteiger partial charge in [-0.05, 0) is 12.1 Å². The lowest BCUT2D eigenvalue weighted by Gasteiger charge is -2.10. The number of benzene rings is 1. The molecule has 2 rings (SSSR count). The van der Waals surface area contributed by atoms with Gasteiger partial charge in [-0.15, -0.1) is 0 Å². The van der Waals surface area contributed by atoms with Crippen molar-refractivity contribution in [2.75, 3.05) is 17.6 Å². The summed E-state index contributed by atoms with van der Waals surface area (Å²) in [6.07, 6.45) is 3.47. The molecule has 0 amide bonds. The summed E-state index contributed by atoms with van der Waals surface area (Å²) in [6, 6.07) is 3.73. The Morgan fingerprint density at radius 2 is 2.18 bits per heavy atom. The molecule has 6 heteroatoms. The summed E-state index contributed by atoms with van der Waals surface area (Å²) < 4.78 is 27.8. The second kappa shape index (κ2) is 4.82. The summed E-state index contributed by atoms with van der Waals surface area (Å²) in [5, 5.41) is 6.87. The molecule has 1 heterocycles. The second-order valence-electron chi connectivity index (χ2n) is 3.54. The van der Waals surface area contributed by atoms with Gasteiger partial charge in [0.15, 0.2) is 5.82 Å². The number of hydrogen-bond acceptors (Lipinski definition) is 3. The van der Waals surface area contributed by atoms with E-state index >= 15 is 0 Å². The van der Waals surface area contributed by atoms with Crippen molar-refractivity contribution in [1.29, 1.82) is 0 Å². The van der Waals surface area contributed by atoms with Crippen LogP contribution >= 0.6 is 0 Å². The lowest BCUT2D eigenvalue weighted by Crippen LogP contribution is -2.12. The highest BCUT2D eigenvalue weighted by molar-refractivity contribution is 5.66. The molecule has 0 fully saturated rings. The van der Waals surface area contributed by atoms with Gasteiger partial charge in [-0.3, -0.25) is 4.68 Å². The Balaban J connectivity index is 1.99. The van der Waals surface area contributed by atoms with E-state index in [4.69, 9.17) is 5.73 Å².